The van der Waals surface area contributed by atoms with Gasteiger partial charge < -0.3 is 9.80 Å². The second-order valence-electron chi connectivity index (χ2n) is 6.50. The van der Waals surface area contributed by atoms with E-state index in [9.17, 15) is 9.59 Å². The molecule has 2 aliphatic heterocycles. The fraction of sp³-hybridized carbons (Fsp3) is 0.316. The highest BCUT2D eigenvalue weighted by molar-refractivity contribution is 7.99. The molecule has 0 aliphatic carbocycles. The molecule has 2 amide bonds. The van der Waals surface area contributed by atoms with Crippen LogP contribution < -0.4 is 4.90 Å². The van der Waals surface area contributed by atoms with Gasteiger partial charge in [0.25, 0.3) is 5.91 Å². The second kappa shape index (κ2) is 7.09. The van der Waals surface area contributed by atoms with Gasteiger partial charge >= 0.3 is 0 Å². The van der Waals surface area contributed by atoms with E-state index >= 15 is 0 Å². The van der Waals surface area contributed by atoms with E-state index in [0.29, 0.717) is 23.7 Å². The summed E-state index contributed by atoms with van der Waals surface area (Å²) in [5.41, 5.74) is 1.31. The van der Waals surface area contributed by atoms with Crippen molar-refractivity contribution in [3.8, 4) is 0 Å². The summed E-state index contributed by atoms with van der Waals surface area (Å²) >= 11 is 1.47. The van der Waals surface area contributed by atoms with Crippen LogP contribution in [0.3, 0.4) is 0 Å². The summed E-state index contributed by atoms with van der Waals surface area (Å²) in [6.07, 6.45) is 1.69. The number of anilines is 1. The summed E-state index contributed by atoms with van der Waals surface area (Å²) in [6, 6.07) is 11.2. The fourth-order valence-corrected chi connectivity index (χ4v) is 4.22. The van der Waals surface area contributed by atoms with Crippen molar-refractivity contribution in [2.24, 2.45) is 0 Å². The molecule has 0 N–H and O–H groups in total. The lowest BCUT2D eigenvalue weighted by molar-refractivity contribution is -0.131. The molecule has 2 aliphatic rings. The Balaban J connectivity index is 1.65. The highest BCUT2D eigenvalue weighted by Gasteiger charge is 2.31. The molecule has 0 spiro atoms. The number of carbonyl (C=O) groups excluding carboxylic acids is 2. The molecule has 6 nitrogen and oxygen atoms in total. The molecule has 3 heterocycles. The smallest absolute Gasteiger partial charge is 0.261 e. The Kier molecular flexibility index (Phi) is 4.65. The van der Waals surface area contributed by atoms with Crippen LogP contribution in [0.25, 0.3) is 0 Å². The molecule has 1 fully saturated rings. The molecule has 0 saturated carbocycles. The maximum absolute atomic E-state index is 13.2. The standard InChI is InChI=1S/C19H20N4O2S/c1-21-9-11-22(12-10-21)17(24)13-23-15-6-2-3-7-16(15)26-18-14(19(23)25)5-4-8-20-18/h2-8H,9-13H2,1H3. The van der Waals surface area contributed by atoms with Gasteiger partial charge in [-0.05, 0) is 31.3 Å². The van der Waals surface area contributed by atoms with E-state index in [1.54, 1.807) is 23.2 Å². The van der Waals surface area contributed by atoms with Crippen LogP contribution >= 0.6 is 11.8 Å². The monoisotopic (exact) mass is 368 g/mol. The largest absolute Gasteiger partial charge is 0.339 e. The van der Waals surface area contributed by atoms with Crippen LogP contribution in [0.5, 0.6) is 0 Å². The summed E-state index contributed by atoms with van der Waals surface area (Å²) in [5.74, 6) is -0.188. The predicted molar refractivity (Wildman–Crippen MR) is 101 cm³/mol. The van der Waals surface area contributed by atoms with Gasteiger partial charge in [-0.25, -0.2) is 4.98 Å². The van der Waals surface area contributed by atoms with E-state index in [1.165, 1.54) is 11.8 Å². The number of fused-ring (bicyclic) bond motifs is 2. The number of hydrogen-bond donors (Lipinski definition) is 0. The topological polar surface area (TPSA) is 56.8 Å². The van der Waals surface area contributed by atoms with Crippen molar-refractivity contribution in [2.45, 2.75) is 9.92 Å². The van der Waals surface area contributed by atoms with Crippen LogP contribution in [-0.2, 0) is 4.79 Å². The summed E-state index contributed by atoms with van der Waals surface area (Å²) in [6.45, 7) is 3.17. The molecule has 0 atom stereocenters. The molecule has 134 valence electrons. The Morgan fingerprint density at radius 2 is 1.88 bits per heavy atom. The molecule has 26 heavy (non-hydrogen) atoms. The molecular weight excluding hydrogens is 348 g/mol. The predicted octanol–water partition coefficient (Wildman–Crippen LogP) is 1.97. The minimum atomic E-state index is -0.173. The zero-order valence-corrected chi connectivity index (χ0v) is 15.4. The van der Waals surface area contributed by atoms with Crippen LogP contribution in [0.15, 0.2) is 52.5 Å². The first-order chi connectivity index (χ1) is 12.6. The minimum absolute atomic E-state index is 0.0152. The van der Waals surface area contributed by atoms with Gasteiger partial charge in [0, 0.05) is 37.3 Å². The number of likely N-dealkylation sites (N-methyl/N-ethyl adjacent to an activating group) is 1. The average molecular weight is 368 g/mol. The van der Waals surface area contributed by atoms with Gasteiger partial charge in [-0.2, -0.15) is 0 Å². The molecule has 4 rings (SSSR count). The lowest BCUT2D eigenvalue weighted by Crippen LogP contribution is -2.51. The van der Waals surface area contributed by atoms with Crippen molar-refractivity contribution in [3.05, 3.63) is 48.2 Å². The molecule has 2 aromatic rings. The summed E-state index contributed by atoms with van der Waals surface area (Å²) < 4.78 is 0. The third kappa shape index (κ3) is 3.20. The fourth-order valence-electron chi connectivity index (χ4n) is 3.21. The lowest BCUT2D eigenvalue weighted by atomic mass is 10.2. The van der Waals surface area contributed by atoms with Crippen LogP contribution in [0.2, 0.25) is 0 Å². The first-order valence-electron chi connectivity index (χ1n) is 8.63. The van der Waals surface area contributed by atoms with Crippen LogP contribution in [0, 0.1) is 0 Å². The van der Waals surface area contributed by atoms with E-state index in [4.69, 9.17) is 0 Å². The lowest BCUT2D eigenvalue weighted by Gasteiger charge is -2.34. The van der Waals surface area contributed by atoms with Crippen molar-refractivity contribution in [1.29, 1.82) is 0 Å². The van der Waals surface area contributed by atoms with Gasteiger partial charge in [-0.1, -0.05) is 23.9 Å². The Morgan fingerprint density at radius 3 is 2.69 bits per heavy atom. The van der Waals surface area contributed by atoms with E-state index in [0.717, 1.165) is 23.7 Å². The van der Waals surface area contributed by atoms with Crippen molar-refractivity contribution in [3.63, 3.8) is 0 Å². The number of benzene rings is 1. The number of pyridine rings is 1. The SMILES string of the molecule is CN1CCN(C(=O)CN2C(=O)c3cccnc3Sc3ccccc32)CC1. The first-order valence-corrected chi connectivity index (χ1v) is 9.45. The average Bonchev–Trinajstić information content (AvgIpc) is 2.78. The number of piperazine rings is 1. The van der Waals surface area contributed by atoms with Gasteiger partial charge in [0.1, 0.15) is 11.6 Å². The Hall–Kier alpha value is -2.38. The quantitative estimate of drug-likeness (QED) is 0.811. The molecule has 0 radical (unpaired) electrons. The maximum atomic E-state index is 13.2. The first kappa shape index (κ1) is 17.1. The highest BCUT2D eigenvalue weighted by atomic mass is 32.2. The number of hydrogen-bond acceptors (Lipinski definition) is 5. The summed E-state index contributed by atoms with van der Waals surface area (Å²) in [4.78, 5) is 36.9. The van der Waals surface area contributed by atoms with Gasteiger partial charge in [-0.3, -0.25) is 14.5 Å². The molecule has 0 unspecified atom stereocenters. The number of nitrogens with zero attached hydrogens (tertiary/aromatic N) is 4. The zero-order chi connectivity index (χ0) is 18.1. The number of para-hydroxylation sites is 1. The molecule has 1 aromatic heterocycles. The van der Waals surface area contributed by atoms with E-state index in [-0.39, 0.29) is 18.4 Å². The van der Waals surface area contributed by atoms with Crippen LogP contribution in [-0.4, -0.2) is 66.4 Å². The third-order valence-corrected chi connectivity index (χ3v) is 5.84. The highest BCUT2D eigenvalue weighted by Crippen LogP contribution is 2.39. The summed E-state index contributed by atoms with van der Waals surface area (Å²) in [5, 5.41) is 0.680. The number of rotatable bonds is 2. The molecule has 7 heteroatoms. The van der Waals surface area contributed by atoms with E-state index in [2.05, 4.69) is 16.9 Å². The molecule has 0 bridgehead atoms. The maximum Gasteiger partial charge on any atom is 0.261 e. The third-order valence-electron chi connectivity index (χ3n) is 4.76. The van der Waals surface area contributed by atoms with Gasteiger partial charge in [0.2, 0.25) is 5.91 Å². The zero-order valence-electron chi connectivity index (χ0n) is 14.6. The Morgan fingerprint density at radius 1 is 1.12 bits per heavy atom. The number of carbonyl (C=O) groups is 2. The van der Waals surface area contributed by atoms with Crippen molar-refractivity contribution in [2.75, 3.05) is 44.7 Å². The molecule has 1 saturated heterocycles. The number of amides is 2. The normalized spacial score (nSPS) is 17.5. The van der Waals surface area contributed by atoms with Crippen LogP contribution in [0.4, 0.5) is 5.69 Å². The van der Waals surface area contributed by atoms with E-state index in [1.807, 2.05) is 29.2 Å². The Bertz CT molecular complexity index is 849. The summed E-state index contributed by atoms with van der Waals surface area (Å²) in [7, 11) is 2.05. The van der Waals surface area contributed by atoms with E-state index < -0.39 is 0 Å². The van der Waals surface area contributed by atoms with Crippen LogP contribution in [0.1, 0.15) is 10.4 Å². The molecule has 1 aromatic carbocycles. The van der Waals surface area contributed by atoms with Crippen molar-refractivity contribution < 1.29 is 9.59 Å². The van der Waals surface area contributed by atoms with Gasteiger partial charge in [0.05, 0.1) is 11.3 Å². The van der Waals surface area contributed by atoms with Crippen molar-refractivity contribution in [1.82, 2.24) is 14.8 Å². The van der Waals surface area contributed by atoms with Crippen molar-refractivity contribution >= 4 is 29.3 Å². The number of aromatic nitrogens is 1. The minimum Gasteiger partial charge on any atom is -0.339 e. The molecular formula is C19H20N4O2S. The Labute approximate surface area is 156 Å². The van der Waals surface area contributed by atoms with Gasteiger partial charge in [-0.15, -0.1) is 0 Å². The second-order valence-corrected chi connectivity index (χ2v) is 7.53. The van der Waals surface area contributed by atoms with Gasteiger partial charge in [0.15, 0.2) is 0 Å².